The second-order valence-corrected chi connectivity index (χ2v) is 4.29. The predicted octanol–water partition coefficient (Wildman–Crippen LogP) is 1.71. The Kier molecular flexibility index (Phi) is 4.15. The number of phenols is 1. The number of amides is 1. The Morgan fingerprint density at radius 2 is 1.74 bits per heavy atom. The Bertz CT molecular complexity index is 538. The molecule has 19 heavy (non-hydrogen) atoms. The Hall–Kier alpha value is -2.33. The summed E-state index contributed by atoms with van der Waals surface area (Å²) in [7, 11) is 0. The molecule has 0 aromatic heterocycles. The van der Waals surface area contributed by atoms with E-state index in [1.165, 1.54) is 12.1 Å². The first-order chi connectivity index (χ1) is 9.16. The molecule has 0 aliphatic carbocycles. The summed E-state index contributed by atoms with van der Waals surface area (Å²) in [4.78, 5) is 11.5. The minimum absolute atomic E-state index is 0.162. The number of carbonyl (C=O) groups is 1. The van der Waals surface area contributed by atoms with Crippen LogP contribution in [0.3, 0.4) is 0 Å². The second kappa shape index (κ2) is 6.02. The zero-order valence-corrected chi connectivity index (χ0v) is 10.4. The molecule has 0 saturated heterocycles. The van der Waals surface area contributed by atoms with Gasteiger partial charge in [0.2, 0.25) is 5.91 Å². The molecule has 0 saturated carbocycles. The lowest BCUT2D eigenvalue weighted by molar-refractivity contribution is -0.120. The van der Waals surface area contributed by atoms with E-state index in [9.17, 15) is 9.90 Å². The molecule has 2 aromatic rings. The fraction of sp³-hybridized carbons (Fsp3) is 0.133. The van der Waals surface area contributed by atoms with Crippen LogP contribution in [0.2, 0.25) is 0 Å². The number of rotatable bonds is 5. The van der Waals surface area contributed by atoms with Crippen molar-refractivity contribution in [2.45, 2.75) is 12.6 Å². The molecule has 1 atom stereocenters. The molecule has 0 spiro atoms. The van der Waals surface area contributed by atoms with Gasteiger partial charge >= 0.3 is 0 Å². The lowest BCUT2D eigenvalue weighted by Crippen LogP contribution is -2.33. The molecule has 0 radical (unpaired) electrons. The van der Waals surface area contributed by atoms with Crippen molar-refractivity contribution in [1.82, 2.24) is 5.32 Å². The van der Waals surface area contributed by atoms with Gasteiger partial charge in [-0.2, -0.15) is 0 Å². The highest BCUT2D eigenvalue weighted by molar-refractivity contribution is 5.81. The largest absolute Gasteiger partial charge is 0.508 e. The zero-order valence-electron chi connectivity index (χ0n) is 10.4. The number of nitrogens with two attached hydrogens (primary N) is 1. The molecule has 0 fully saturated rings. The molecule has 0 aliphatic rings. The average Bonchev–Trinajstić information content (AvgIpc) is 2.42. The summed E-state index contributed by atoms with van der Waals surface area (Å²) in [6.07, 6.45) is 0. The third-order valence-electron chi connectivity index (χ3n) is 2.86. The number of hydrogen-bond donors (Lipinski definition) is 3. The van der Waals surface area contributed by atoms with Gasteiger partial charge in [0.05, 0.1) is 0 Å². The third-order valence-corrected chi connectivity index (χ3v) is 2.86. The highest BCUT2D eigenvalue weighted by Crippen LogP contribution is 2.17. The van der Waals surface area contributed by atoms with Gasteiger partial charge in [-0.05, 0) is 23.3 Å². The highest BCUT2D eigenvalue weighted by Gasteiger charge is 2.16. The van der Waals surface area contributed by atoms with Crippen molar-refractivity contribution in [1.29, 1.82) is 0 Å². The molecule has 1 unspecified atom stereocenters. The fourth-order valence-electron chi connectivity index (χ4n) is 1.87. The van der Waals surface area contributed by atoms with E-state index >= 15 is 0 Å². The van der Waals surface area contributed by atoms with Gasteiger partial charge in [0.1, 0.15) is 11.8 Å². The molecule has 98 valence electrons. The van der Waals surface area contributed by atoms with E-state index in [0.29, 0.717) is 6.54 Å². The number of hydrogen-bond acceptors (Lipinski definition) is 3. The maximum Gasteiger partial charge on any atom is 0.239 e. The van der Waals surface area contributed by atoms with Crippen LogP contribution in [0.15, 0.2) is 54.6 Å². The standard InChI is InChI=1S/C15H16N2O2/c16-15(19)14(12-6-8-13(18)9-7-12)17-10-11-4-2-1-3-5-11/h1-9,14,17-18H,10H2,(H2,16,19). The maximum atomic E-state index is 11.5. The number of primary amides is 1. The second-order valence-electron chi connectivity index (χ2n) is 4.29. The lowest BCUT2D eigenvalue weighted by Gasteiger charge is -2.16. The van der Waals surface area contributed by atoms with E-state index < -0.39 is 11.9 Å². The van der Waals surface area contributed by atoms with Crippen LogP contribution in [-0.2, 0) is 11.3 Å². The summed E-state index contributed by atoms with van der Waals surface area (Å²) in [6, 6.07) is 15.6. The van der Waals surface area contributed by atoms with Crippen molar-refractivity contribution >= 4 is 5.91 Å². The Labute approximate surface area is 111 Å². The van der Waals surface area contributed by atoms with E-state index in [1.807, 2.05) is 30.3 Å². The monoisotopic (exact) mass is 256 g/mol. The van der Waals surface area contributed by atoms with Gasteiger partial charge in [0, 0.05) is 6.54 Å². The summed E-state index contributed by atoms with van der Waals surface area (Å²) < 4.78 is 0. The third kappa shape index (κ3) is 3.56. The van der Waals surface area contributed by atoms with Gasteiger partial charge in [-0.3, -0.25) is 10.1 Å². The molecule has 4 nitrogen and oxygen atoms in total. The molecular formula is C15H16N2O2. The Morgan fingerprint density at radius 1 is 1.11 bits per heavy atom. The first kappa shape index (κ1) is 13.1. The van der Waals surface area contributed by atoms with Crippen LogP contribution in [-0.4, -0.2) is 11.0 Å². The summed E-state index contributed by atoms with van der Waals surface area (Å²) in [5, 5.41) is 12.4. The number of carbonyl (C=O) groups excluding carboxylic acids is 1. The van der Waals surface area contributed by atoms with Gasteiger partial charge in [-0.15, -0.1) is 0 Å². The molecule has 4 heteroatoms. The van der Waals surface area contributed by atoms with Gasteiger partial charge in [-0.25, -0.2) is 0 Å². The van der Waals surface area contributed by atoms with E-state index in [-0.39, 0.29) is 5.75 Å². The van der Waals surface area contributed by atoms with E-state index in [1.54, 1.807) is 12.1 Å². The van der Waals surface area contributed by atoms with Crippen LogP contribution in [0.5, 0.6) is 5.75 Å². The van der Waals surface area contributed by atoms with Gasteiger partial charge in [0.15, 0.2) is 0 Å². The van der Waals surface area contributed by atoms with Gasteiger partial charge in [-0.1, -0.05) is 42.5 Å². The number of nitrogens with one attached hydrogen (secondary N) is 1. The number of aromatic hydroxyl groups is 1. The molecule has 0 heterocycles. The molecule has 0 bridgehead atoms. The highest BCUT2D eigenvalue weighted by atomic mass is 16.3. The first-order valence-corrected chi connectivity index (χ1v) is 6.02. The Balaban J connectivity index is 2.09. The van der Waals surface area contributed by atoms with Gasteiger partial charge < -0.3 is 10.8 Å². The first-order valence-electron chi connectivity index (χ1n) is 6.02. The average molecular weight is 256 g/mol. The molecule has 2 rings (SSSR count). The molecular weight excluding hydrogens is 240 g/mol. The van der Waals surface area contributed by atoms with E-state index in [2.05, 4.69) is 5.32 Å². The number of phenolic OH excluding ortho intramolecular Hbond substituents is 1. The SMILES string of the molecule is NC(=O)C(NCc1ccccc1)c1ccc(O)cc1. The van der Waals surface area contributed by atoms with Crippen molar-refractivity contribution in [3.05, 3.63) is 65.7 Å². The summed E-state index contributed by atoms with van der Waals surface area (Å²) in [5.41, 5.74) is 7.22. The minimum atomic E-state index is -0.569. The van der Waals surface area contributed by atoms with Crippen LogP contribution in [0.4, 0.5) is 0 Å². The van der Waals surface area contributed by atoms with Crippen LogP contribution < -0.4 is 11.1 Å². The van der Waals surface area contributed by atoms with Crippen LogP contribution in [0.25, 0.3) is 0 Å². The van der Waals surface area contributed by atoms with Crippen molar-refractivity contribution in [3.63, 3.8) is 0 Å². The van der Waals surface area contributed by atoms with Crippen molar-refractivity contribution in [2.24, 2.45) is 5.73 Å². The maximum absolute atomic E-state index is 11.5. The normalized spacial score (nSPS) is 12.0. The molecule has 2 aromatic carbocycles. The summed E-state index contributed by atoms with van der Waals surface area (Å²) >= 11 is 0. The minimum Gasteiger partial charge on any atom is -0.508 e. The smallest absolute Gasteiger partial charge is 0.239 e. The quantitative estimate of drug-likeness (QED) is 0.762. The van der Waals surface area contributed by atoms with Crippen molar-refractivity contribution in [2.75, 3.05) is 0 Å². The van der Waals surface area contributed by atoms with E-state index in [4.69, 9.17) is 5.73 Å². The molecule has 4 N–H and O–H groups in total. The molecule has 0 aliphatic heterocycles. The lowest BCUT2D eigenvalue weighted by atomic mass is 10.1. The zero-order chi connectivity index (χ0) is 13.7. The van der Waals surface area contributed by atoms with Crippen LogP contribution in [0.1, 0.15) is 17.2 Å². The van der Waals surface area contributed by atoms with Crippen molar-refractivity contribution in [3.8, 4) is 5.75 Å². The van der Waals surface area contributed by atoms with Crippen LogP contribution >= 0.6 is 0 Å². The number of benzene rings is 2. The van der Waals surface area contributed by atoms with Crippen molar-refractivity contribution < 1.29 is 9.90 Å². The molecule has 1 amide bonds. The summed E-state index contributed by atoms with van der Waals surface area (Å²) in [5.74, 6) is -0.281. The topological polar surface area (TPSA) is 75.4 Å². The van der Waals surface area contributed by atoms with E-state index in [0.717, 1.165) is 11.1 Å². The Morgan fingerprint density at radius 3 is 2.32 bits per heavy atom. The van der Waals surface area contributed by atoms with Crippen LogP contribution in [0, 0.1) is 0 Å². The summed E-state index contributed by atoms with van der Waals surface area (Å²) in [6.45, 7) is 0.551. The predicted molar refractivity (Wildman–Crippen MR) is 73.3 cm³/mol. The fourth-order valence-corrected chi connectivity index (χ4v) is 1.87. The van der Waals surface area contributed by atoms with Gasteiger partial charge in [0.25, 0.3) is 0 Å².